The highest BCUT2D eigenvalue weighted by molar-refractivity contribution is 9.10. The molecule has 5 nitrogen and oxygen atoms in total. The van der Waals surface area contributed by atoms with Gasteiger partial charge in [-0.1, -0.05) is 6.07 Å². The molecule has 1 heterocycles. The summed E-state index contributed by atoms with van der Waals surface area (Å²) in [5, 5.41) is 5.18. The van der Waals surface area contributed by atoms with Crippen LogP contribution in [0.4, 0.5) is 9.18 Å². The first-order chi connectivity index (χ1) is 9.93. The Morgan fingerprint density at radius 2 is 2.19 bits per heavy atom. The van der Waals surface area contributed by atoms with Gasteiger partial charge in [-0.25, -0.2) is 14.0 Å². The van der Waals surface area contributed by atoms with Gasteiger partial charge in [-0.15, -0.1) is 0 Å². The van der Waals surface area contributed by atoms with E-state index in [9.17, 15) is 14.0 Å². The average molecular weight is 357 g/mol. The van der Waals surface area contributed by atoms with Crippen LogP contribution in [0.15, 0.2) is 33.9 Å². The Bertz CT molecular complexity index is 631. The summed E-state index contributed by atoms with van der Waals surface area (Å²) in [7, 11) is 0. The van der Waals surface area contributed by atoms with Crippen molar-refractivity contribution in [3.8, 4) is 0 Å². The lowest BCUT2D eigenvalue weighted by Gasteiger charge is -2.28. The monoisotopic (exact) mass is 356 g/mol. The minimum atomic E-state index is -0.685. The highest BCUT2D eigenvalue weighted by Gasteiger charge is 2.32. The lowest BCUT2D eigenvalue weighted by Crippen LogP contribution is -2.45. The van der Waals surface area contributed by atoms with Gasteiger partial charge in [0.25, 0.3) is 0 Å². The molecule has 7 heteroatoms. The second kappa shape index (κ2) is 6.26. The molecule has 0 fully saturated rings. The molecule has 1 unspecified atom stereocenters. The number of nitrogens with one attached hydrogen (secondary N) is 2. The number of rotatable bonds is 3. The number of carbonyl (C=O) groups is 2. The first-order valence-corrected chi connectivity index (χ1v) is 7.13. The average Bonchev–Trinajstić information content (AvgIpc) is 2.41. The van der Waals surface area contributed by atoms with Gasteiger partial charge in [0, 0.05) is 5.70 Å². The van der Waals surface area contributed by atoms with Gasteiger partial charge in [-0.2, -0.15) is 0 Å². The van der Waals surface area contributed by atoms with E-state index >= 15 is 0 Å². The first-order valence-electron chi connectivity index (χ1n) is 6.34. The number of allylic oxidation sites excluding steroid dienone is 1. The summed E-state index contributed by atoms with van der Waals surface area (Å²) in [6, 6.07) is 3.20. The topological polar surface area (TPSA) is 67.4 Å². The second-order valence-electron chi connectivity index (χ2n) is 4.46. The zero-order valence-corrected chi connectivity index (χ0v) is 13.1. The van der Waals surface area contributed by atoms with Crippen molar-refractivity contribution in [2.45, 2.75) is 19.9 Å². The molecule has 0 aromatic heterocycles. The minimum Gasteiger partial charge on any atom is -0.463 e. The molecule has 1 atom stereocenters. The molecule has 112 valence electrons. The number of hydrogen-bond acceptors (Lipinski definition) is 3. The third-order valence-electron chi connectivity index (χ3n) is 3.04. The Balaban J connectivity index is 2.46. The maximum atomic E-state index is 13.3. The Kier molecular flexibility index (Phi) is 4.62. The highest BCUT2D eigenvalue weighted by Crippen LogP contribution is 2.30. The molecule has 0 radical (unpaired) electrons. The molecule has 1 aromatic rings. The van der Waals surface area contributed by atoms with Crippen LogP contribution in [-0.4, -0.2) is 18.6 Å². The van der Waals surface area contributed by atoms with Crippen molar-refractivity contribution in [3.05, 3.63) is 45.3 Å². The van der Waals surface area contributed by atoms with E-state index < -0.39 is 23.9 Å². The largest absolute Gasteiger partial charge is 0.463 e. The predicted molar refractivity (Wildman–Crippen MR) is 77.8 cm³/mol. The fourth-order valence-electron chi connectivity index (χ4n) is 2.12. The van der Waals surface area contributed by atoms with E-state index in [0.29, 0.717) is 16.8 Å². The third kappa shape index (κ3) is 3.24. The van der Waals surface area contributed by atoms with E-state index in [1.54, 1.807) is 13.8 Å². The molecular weight excluding hydrogens is 343 g/mol. The van der Waals surface area contributed by atoms with Crippen molar-refractivity contribution in [2.24, 2.45) is 0 Å². The van der Waals surface area contributed by atoms with Crippen LogP contribution in [0.1, 0.15) is 25.5 Å². The summed E-state index contributed by atoms with van der Waals surface area (Å²) in [5.41, 5.74) is 1.30. The molecule has 2 amide bonds. The highest BCUT2D eigenvalue weighted by atomic mass is 79.9. The standard InChI is InChI=1S/C14H14BrFN2O3/c1-3-21-13(19)11-7(2)17-14(20)18-12(11)8-4-5-10(16)9(15)6-8/h4-6,12H,3H2,1-2H3,(H2,17,18,20). The zero-order valence-electron chi connectivity index (χ0n) is 11.5. The first kappa shape index (κ1) is 15.5. The summed E-state index contributed by atoms with van der Waals surface area (Å²) >= 11 is 3.10. The van der Waals surface area contributed by atoms with Crippen molar-refractivity contribution in [1.29, 1.82) is 0 Å². The van der Waals surface area contributed by atoms with Gasteiger partial charge in [-0.3, -0.25) is 0 Å². The number of urea groups is 1. The van der Waals surface area contributed by atoms with Gasteiger partial charge >= 0.3 is 12.0 Å². The van der Waals surface area contributed by atoms with Crippen LogP contribution in [-0.2, 0) is 9.53 Å². The van der Waals surface area contributed by atoms with E-state index in [1.807, 2.05) is 0 Å². The molecule has 1 aliphatic rings. The maximum Gasteiger partial charge on any atom is 0.338 e. The maximum absolute atomic E-state index is 13.3. The fraction of sp³-hybridized carbons (Fsp3) is 0.286. The zero-order chi connectivity index (χ0) is 15.6. The number of benzene rings is 1. The van der Waals surface area contributed by atoms with E-state index in [2.05, 4.69) is 26.6 Å². The number of halogens is 2. The smallest absolute Gasteiger partial charge is 0.338 e. The minimum absolute atomic E-state index is 0.226. The van der Waals surface area contributed by atoms with Gasteiger partial charge in [-0.05, 0) is 47.5 Å². The van der Waals surface area contributed by atoms with Gasteiger partial charge in [0.15, 0.2) is 0 Å². The lowest BCUT2D eigenvalue weighted by atomic mass is 9.95. The van der Waals surface area contributed by atoms with E-state index in [1.165, 1.54) is 18.2 Å². The van der Waals surface area contributed by atoms with Crippen LogP contribution in [0.3, 0.4) is 0 Å². The summed E-state index contributed by atoms with van der Waals surface area (Å²) < 4.78 is 18.6. The summed E-state index contributed by atoms with van der Waals surface area (Å²) in [6.07, 6.45) is 0. The van der Waals surface area contributed by atoms with Crippen LogP contribution in [0.5, 0.6) is 0 Å². The number of carbonyl (C=O) groups excluding carboxylic acids is 2. The molecule has 0 aliphatic carbocycles. The molecule has 1 aliphatic heterocycles. The Labute approximate surface area is 129 Å². The summed E-state index contributed by atoms with van der Waals surface area (Å²) in [5.74, 6) is -0.939. The van der Waals surface area contributed by atoms with Gasteiger partial charge in [0.1, 0.15) is 5.82 Å². The van der Waals surface area contributed by atoms with Crippen LogP contribution in [0.2, 0.25) is 0 Å². The van der Waals surface area contributed by atoms with Crippen molar-refractivity contribution in [1.82, 2.24) is 10.6 Å². The van der Waals surface area contributed by atoms with Crippen LogP contribution < -0.4 is 10.6 Å². The number of amides is 2. The lowest BCUT2D eigenvalue weighted by molar-refractivity contribution is -0.139. The van der Waals surface area contributed by atoms with E-state index in [0.717, 1.165) is 0 Å². The Morgan fingerprint density at radius 3 is 2.81 bits per heavy atom. The molecule has 0 bridgehead atoms. The third-order valence-corrected chi connectivity index (χ3v) is 3.65. The second-order valence-corrected chi connectivity index (χ2v) is 5.32. The van der Waals surface area contributed by atoms with Crippen molar-refractivity contribution in [3.63, 3.8) is 0 Å². The predicted octanol–water partition coefficient (Wildman–Crippen LogP) is 2.78. The Hall–Kier alpha value is -1.89. The summed E-state index contributed by atoms with van der Waals surface area (Å²) in [4.78, 5) is 23.7. The van der Waals surface area contributed by atoms with Crippen LogP contribution in [0, 0.1) is 5.82 Å². The molecule has 21 heavy (non-hydrogen) atoms. The van der Waals surface area contributed by atoms with Crippen LogP contribution in [0.25, 0.3) is 0 Å². The molecule has 0 spiro atoms. The summed E-state index contributed by atoms with van der Waals surface area (Å²) in [6.45, 7) is 3.55. The van der Waals surface area contributed by atoms with Crippen molar-refractivity contribution < 1.29 is 18.7 Å². The molecule has 2 rings (SSSR count). The van der Waals surface area contributed by atoms with Gasteiger partial charge in [0.2, 0.25) is 0 Å². The number of hydrogen-bond donors (Lipinski definition) is 2. The quantitative estimate of drug-likeness (QED) is 0.818. The number of esters is 1. The van der Waals surface area contributed by atoms with Crippen molar-refractivity contribution in [2.75, 3.05) is 6.61 Å². The molecule has 2 N–H and O–H groups in total. The van der Waals surface area contributed by atoms with Gasteiger partial charge < -0.3 is 15.4 Å². The van der Waals surface area contributed by atoms with Crippen LogP contribution >= 0.6 is 15.9 Å². The van der Waals surface area contributed by atoms with E-state index in [4.69, 9.17) is 4.74 Å². The fourth-order valence-corrected chi connectivity index (χ4v) is 2.51. The van der Waals surface area contributed by atoms with E-state index in [-0.39, 0.29) is 11.1 Å². The number of ether oxygens (including phenoxy) is 1. The van der Waals surface area contributed by atoms with Gasteiger partial charge in [0.05, 0.1) is 22.7 Å². The molecule has 0 saturated carbocycles. The molecular formula is C14H14BrFN2O3. The molecule has 0 saturated heterocycles. The van der Waals surface area contributed by atoms with Crippen molar-refractivity contribution >= 4 is 27.9 Å². The molecule has 1 aromatic carbocycles. The normalized spacial score (nSPS) is 18.1. The Morgan fingerprint density at radius 1 is 1.48 bits per heavy atom. The SMILES string of the molecule is CCOC(=O)C1=C(C)NC(=O)NC1c1ccc(F)c(Br)c1.